The highest BCUT2D eigenvalue weighted by molar-refractivity contribution is 5.91. The summed E-state index contributed by atoms with van der Waals surface area (Å²) in [5.74, 6) is -1.23. The smallest absolute Gasteiger partial charge is 0.308 e. The minimum atomic E-state index is -0.954. The van der Waals surface area contributed by atoms with Crippen molar-refractivity contribution in [1.29, 1.82) is 0 Å². The van der Waals surface area contributed by atoms with E-state index in [0.717, 1.165) is 0 Å². The van der Waals surface area contributed by atoms with Crippen LogP contribution in [0.3, 0.4) is 0 Å². The number of aldehydes is 1. The SMILES string of the molecule is C=C(c1cc(OC(C)=O)ccc1N)C(C=O)c1cc([N+](=O)[O-])ccc1N.CCO. The van der Waals surface area contributed by atoms with Crippen LogP contribution in [0.15, 0.2) is 43.0 Å². The first-order chi connectivity index (χ1) is 13.7. The highest BCUT2D eigenvalue weighted by atomic mass is 16.6. The number of aliphatic hydroxyl groups excluding tert-OH is 1. The van der Waals surface area contributed by atoms with Crippen molar-refractivity contribution in [1.82, 2.24) is 0 Å². The first-order valence-corrected chi connectivity index (χ1v) is 8.53. The fraction of sp³-hybridized carbons (Fsp3) is 0.200. The lowest BCUT2D eigenvalue weighted by molar-refractivity contribution is -0.384. The lowest BCUT2D eigenvalue weighted by Gasteiger charge is -2.18. The van der Waals surface area contributed by atoms with Gasteiger partial charge in [-0.05, 0) is 42.3 Å². The Morgan fingerprint density at radius 2 is 1.86 bits per heavy atom. The molecule has 0 amide bonds. The third-order valence-electron chi connectivity index (χ3n) is 3.76. The molecule has 9 nitrogen and oxygen atoms in total. The molecule has 0 saturated carbocycles. The second-order valence-electron chi connectivity index (χ2n) is 5.87. The number of non-ortho nitro benzene ring substituents is 1. The Balaban J connectivity index is 0.00000132. The molecular formula is C20H23N3O6. The highest BCUT2D eigenvalue weighted by Gasteiger charge is 2.23. The van der Waals surface area contributed by atoms with Crippen molar-refractivity contribution in [3.63, 3.8) is 0 Å². The summed E-state index contributed by atoms with van der Waals surface area (Å²) in [5.41, 5.74) is 13.1. The first-order valence-electron chi connectivity index (χ1n) is 8.53. The van der Waals surface area contributed by atoms with Crippen LogP contribution in [0.5, 0.6) is 5.75 Å². The van der Waals surface area contributed by atoms with E-state index in [2.05, 4.69) is 6.58 Å². The van der Waals surface area contributed by atoms with Crippen molar-refractivity contribution in [2.24, 2.45) is 0 Å². The highest BCUT2D eigenvalue weighted by Crippen LogP contribution is 2.37. The summed E-state index contributed by atoms with van der Waals surface area (Å²) in [6.45, 7) is 7.08. The van der Waals surface area contributed by atoms with Gasteiger partial charge in [0.25, 0.3) is 5.69 Å². The molecule has 0 spiro atoms. The number of aliphatic hydroxyl groups is 1. The van der Waals surface area contributed by atoms with Gasteiger partial charge in [0.15, 0.2) is 0 Å². The Morgan fingerprint density at radius 3 is 2.38 bits per heavy atom. The molecule has 154 valence electrons. The van der Waals surface area contributed by atoms with Gasteiger partial charge in [0.2, 0.25) is 0 Å². The van der Waals surface area contributed by atoms with Crippen molar-refractivity contribution in [3.8, 4) is 5.75 Å². The average molecular weight is 401 g/mol. The lowest BCUT2D eigenvalue weighted by Crippen LogP contribution is -2.09. The summed E-state index contributed by atoms with van der Waals surface area (Å²) in [5, 5.41) is 18.6. The van der Waals surface area contributed by atoms with Gasteiger partial charge >= 0.3 is 5.97 Å². The summed E-state index contributed by atoms with van der Waals surface area (Å²) < 4.78 is 5.02. The molecule has 5 N–H and O–H groups in total. The van der Waals surface area contributed by atoms with Crippen LogP contribution in [0.1, 0.15) is 30.9 Å². The van der Waals surface area contributed by atoms with E-state index >= 15 is 0 Å². The van der Waals surface area contributed by atoms with Crippen molar-refractivity contribution in [2.75, 3.05) is 18.1 Å². The Morgan fingerprint density at radius 1 is 1.28 bits per heavy atom. The average Bonchev–Trinajstić information content (AvgIpc) is 2.65. The third-order valence-corrected chi connectivity index (χ3v) is 3.76. The van der Waals surface area contributed by atoms with E-state index in [-0.39, 0.29) is 34.9 Å². The number of rotatable bonds is 6. The topological polar surface area (TPSA) is 159 Å². The fourth-order valence-corrected chi connectivity index (χ4v) is 2.50. The van der Waals surface area contributed by atoms with Gasteiger partial charge in [0.1, 0.15) is 12.0 Å². The maximum atomic E-state index is 11.7. The van der Waals surface area contributed by atoms with Crippen molar-refractivity contribution < 1.29 is 24.4 Å². The number of anilines is 2. The maximum absolute atomic E-state index is 11.7. The van der Waals surface area contributed by atoms with Crippen LogP contribution < -0.4 is 16.2 Å². The van der Waals surface area contributed by atoms with Gasteiger partial charge in [0, 0.05) is 42.6 Å². The fourth-order valence-electron chi connectivity index (χ4n) is 2.50. The number of hydrogen-bond donors (Lipinski definition) is 3. The molecule has 1 atom stereocenters. The standard InChI is InChI=1S/C18H17N3O5.C2H6O/c1-10(14-8-13(26-11(2)23)4-6-17(14)19)16(9-22)15-7-12(21(24)25)3-5-18(15)20;1-2-3/h3-9,16H,1,19-20H2,2H3;3H,2H2,1H3. The van der Waals surface area contributed by atoms with Gasteiger partial charge in [0.05, 0.1) is 10.8 Å². The van der Waals surface area contributed by atoms with Crippen LogP contribution in [0.25, 0.3) is 5.57 Å². The van der Waals surface area contributed by atoms with Gasteiger partial charge in [-0.1, -0.05) is 6.58 Å². The zero-order chi connectivity index (χ0) is 22.1. The minimum Gasteiger partial charge on any atom is -0.427 e. The molecule has 0 bridgehead atoms. The molecule has 0 aliphatic heterocycles. The number of nitro groups is 1. The van der Waals surface area contributed by atoms with Gasteiger partial charge < -0.3 is 26.1 Å². The Labute approximate surface area is 167 Å². The Hall–Kier alpha value is -3.72. The van der Waals surface area contributed by atoms with Crippen LogP contribution in [0, 0.1) is 10.1 Å². The third kappa shape index (κ3) is 6.15. The number of nitrogens with zero attached hydrogens (tertiary/aromatic N) is 1. The van der Waals surface area contributed by atoms with Crippen molar-refractivity contribution >= 4 is 34.9 Å². The predicted octanol–water partition coefficient (Wildman–Crippen LogP) is 2.68. The molecule has 0 saturated heterocycles. The molecule has 0 aliphatic carbocycles. The number of nitrogens with two attached hydrogens (primary N) is 2. The summed E-state index contributed by atoms with van der Waals surface area (Å²) in [6.07, 6.45) is 0.579. The minimum absolute atomic E-state index is 0.199. The number of ether oxygens (including phenoxy) is 1. The van der Waals surface area contributed by atoms with E-state index in [0.29, 0.717) is 17.5 Å². The molecule has 2 aromatic rings. The van der Waals surface area contributed by atoms with E-state index in [1.165, 1.54) is 43.3 Å². The number of hydrogen-bond acceptors (Lipinski definition) is 8. The normalized spacial score (nSPS) is 10.9. The molecule has 2 aromatic carbocycles. The second-order valence-corrected chi connectivity index (χ2v) is 5.87. The summed E-state index contributed by atoms with van der Waals surface area (Å²) in [7, 11) is 0. The molecule has 2 rings (SSSR count). The molecule has 0 aromatic heterocycles. The van der Waals surface area contributed by atoms with E-state index in [1.807, 2.05) is 0 Å². The quantitative estimate of drug-likeness (QED) is 0.166. The number of allylic oxidation sites excluding steroid dienone is 1. The molecule has 0 fully saturated rings. The van der Waals surface area contributed by atoms with Gasteiger partial charge in [-0.25, -0.2) is 0 Å². The van der Waals surface area contributed by atoms with Crippen LogP contribution in [0.4, 0.5) is 17.1 Å². The number of benzene rings is 2. The van der Waals surface area contributed by atoms with Gasteiger partial charge in [-0.2, -0.15) is 0 Å². The van der Waals surface area contributed by atoms with E-state index in [1.54, 1.807) is 6.92 Å². The van der Waals surface area contributed by atoms with Crippen LogP contribution in [0.2, 0.25) is 0 Å². The lowest BCUT2D eigenvalue weighted by atomic mass is 9.87. The Bertz CT molecular complexity index is 926. The van der Waals surface area contributed by atoms with E-state index in [4.69, 9.17) is 21.3 Å². The van der Waals surface area contributed by atoms with Gasteiger partial charge in [-0.3, -0.25) is 14.9 Å². The molecule has 9 heteroatoms. The summed E-state index contributed by atoms with van der Waals surface area (Å²) in [6, 6.07) is 8.33. The van der Waals surface area contributed by atoms with Crippen LogP contribution in [-0.4, -0.2) is 28.9 Å². The van der Waals surface area contributed by atoms with Crippen molar-refractivity contribution in [2.45, 2.75) is 19.8 Å². The number of nitrogen functional groups attached to an aromatic ring is 2. The Kier molecular flexibility index (Phi) is 8.50. The molecule has 0 aliphatic rings. The largest absolute Gasteiger partial charge is 0.427 e. The van der Waals surface area contributed by atoms with E-state index < -0.39 is 16.8 Å². The molecular weight excluding hydrogens is 378 g/mol. The predicted molar refractivity (Wildman–Crippen MR) is 110 cm³/mol. The number of carbonyl (C=O) groups excluding carboxylic acids is 2. The summed E-state index contributed by atoms with van der Waals surface area (Å²) in [4.78, 5) is 33.3. The molecule has 0 radical (unpaired) electrons. The first kappa shape index (κ1) is 23.3. The van der Waals surface area contributed by atoms with Crippen LogP contribution >= 0.6 is 0 Å². The van der Waals surface area contributed by atoms with Gasteiger partial charge in [-0.15, -0.1) is 0 Å². The number of esters is 1. The van der Waals surface area contributed by atoms with E-state index in [9.17, 15) is 19.7 Å². The summed E-state index contributed by atoms with van der Waals surface area (Å²) >= 11 is 0. The zero-order valence-electron chi connectivity index (χ0n) is 16.1. The molecule has 1 unspecified atom stereocenters. The maximum Gasteiger partial charge on any atom is 0.308 e. The second kappa shape index (κ2) is 10.6. The molecule has 0 heterocycles. The van der Waals surface area contributed by atoms with Crippen molar-refractivity contribution in [3.05, 3.63) is 64.2 Å². The molecule has 29 heavy (non-hydrogen) atoms. The van der Waals surface area contributed by atoms with Crippen LogP contribution in [-0.2, 0) is 9.59 Å². The number of nitro benzene ring substituents is 1. The zero-order valence-corrected chi connectivity index (χ0v) is 16.1. The number of carbonyl (C=O) groups is 2. The monoisotopic (exact) mass is 401 g/mol.